The molecule has 6 heteroatoms. The van der Waals surface area contributed by atoms with Crippen LogP contribution in [0.4, 0.5) is 17.6 Å². The van der Waals surface area contributed by atoms with E-state index in [-0.39, 0.29) is 12.1 Å². The maximum atomic E-state index is 13.3. The SMILES string of the molecule is CN1C2C=C(Cc3ccc(F)c(C(F)(F)F)c3)CC1COC2. The summed E-state index contributed by atoms with van der Waals surface area (Å²) in [7, 11) is 2.03. The first-order valence-electron chi connectivity index (χ1n) is 7.19. The predicted octanol–water partition coefficient (Wildman–Crippen LogP) is 3.42. The van der Waals surface area contributed by atoms with Gasteiger partial charge in [-0.1, -0.05) is 17.7 Å². The monoisotopic (exact) mass is 315 g/mol. The number of halogens is 4. The van der Waals surface area contributed by atoms with E-state index in [4.69, 9.17) is 4.74 Å². The Morgan fingerprint density at radius 2 is 2.05 bits per heavy atom. The second kappa shape index (κ2) is 5.66. The highest BCUT2D eigenvalue weighted by Crippen LogP contribution is 2.33. The van der Waals surface area contributed by atoms with E-state index in [1.807, 2.05) is 7.05 Å². The number of likely N-dealkylation sites (N-methyl/N-ethyl adjacent to an activating group) is 1. The van der Waals surface area contributed by atoms with Crippen molar-refractivity contribution in [2.45, 2.75) is 31.1 Å². The van der Waals surface area contributed by atoms with Crippen molar-refractivity contribution in [1.29, 1.82) is 0 Å². The average molecular weight is 315 g/mol. The summed E-state index contributed by atoms with van der Waals surface area (Å²) < 4.78 is 57.1. The van der Waals surface area contributed by atoms with Gasteiger partial charge in [0.25, 0.3) is 0 Å². The third-order valence-electron chi connectivity index (χ3n) is 4.39. The molecule has 0 radical (unpaired) electrons. The lowest BCUT2D eigenvalue weighted by molar-refractivity contribution is -0.140. The summed E-state index contributed by atoms with van der Waals surface area (Å²) in [6.45, 7) is 1.25. The van der Waals surface area contributed by atoms with E-state index in [0.717, 1.165) is 24.1 Å². The number of fused-ring (bicyclic) bond motifs is 2. The van der Waals surface area contributed by atoms with E-state index in [0.29, 0.717) is 25.2 Å². The van der Waals surface area contributed by atoms with E-state index < -0.39 is 17.6 Å². The first-order valence-corrected chi connectivity index (χ1v) is 7.19. The van der Waals surface area contributed by atoms with Crippen molar-refractivity contribution in [1.82, 2.24) is 4.90 Å². The first-order chi connectivity index (χ1) is 10.3. The molecule has 1 aromatic rings. The topological polar surface area (TPSA) is 12.5 Å². The van der Waals surface area contributed by atoms with Gasteiger partial charge in [0.05, 0.1) is 24.8 Å². The van der Waals surface area contributed by atoms with Gasteiger partial charge in [-0.05, 0) is 37.6 Å². The van der Waals surface area contributed by atoms with Crippen molar-refractivity contribution in [3.05, 3.63) is 46.8 Å². The lowest BCUT2D eigenvalue weighted by Gasteiger charge is -2.42. The lowest BCUT2D eigenvalue weighted by atomic mass is 9.90. The van der Waals surface area contributed by atoms with Gasteiger partial charge in [-0.3, -0.25) is 4.90 Å². The zero-order chi connectivity index (χ0) is 15.9. The van der Waals surface area contributed by atoms with E-state index in [2.05, 4.69) is 11.0 Å². The minimum absolute atomic E-state index is 0.171. The van der Waals surface area contributed by atoms with Crippen molar-refractivity contribution in [2.24, 2.45) is 0 Å². The van der Waals surface area contributed by atoms with E-state index >= 15 is 0 Å². The Hall–Kier alpha value is -1.40. The minimum Gasteiger partial charge on any atom is -0.378 e. The summed E-state index contributed by atoms with van der Waals surface area (Å²) in [5.74, 6) is -1.22. The molecule has 2 atom stereocenters. The van der Waals surface area contributed by atoms with Gasteiger partial charge in [-0.25, -0.2) is 4.39 Å². The molecule has 2 aliphatic heterocycles. The van der Waals surface area contributed by atoms with Crippen molar-refractivity contribution in [2.75, 3.05) is 20.3 Å². The van der Waals surface area contributed by atoms with Gasteiger partial charge in [0, 0.05) is 6.04 Å². The van der Waals surface area contributed by atoms with Gasteiger partial charge in [0.15, 0.2) is 0 Å². The molecule has 0 amide bonds. The Labute approximate surface area is 126 Å². The van der Waals surface area contributed by atoms with E-state index in [1.54, 1.807) is 0 Å². The molecule has 0 aliphatic carbocycles. The molecular weight excluding hydrogens is 298 g/mol. The zero-order valence-corrected chi connectivity index (χ0v) is 12.2. The molecule has 120 valence electrons. The molecule has 0 spiro atoms. The number of rotatable bonds is 2. The number of ether oxygens (including phenoxy) is 1. The number of nitrogens with zero attached hydrogens (tertiary/aromatic N) is 1. The van der Waals surface area contributed by atoms with Gasteiger partial charge in [0.2, 0.25) is 0 Å². The molecule has 2 unspecified atom stereocenters. The van der Waals surface area contributed by atoms with Crippen LogP contribution in [0.1, 0.15) is 17.5 Å². The molecule has 1 aromatic carbocycles. The molecule has 2 bridgehead atoms. The average Bonchev–Trinajstić information content (AvgIpc) is 2.41. The summed E-state index contributed by atoms with van der Waals surface area (Å²) in [4.78, 5) is 2.23. The molecule has 0 saturated carbocycles. The fourth-order valence-corrected chi connectivity index (χ4v) is 3.14. The van der Waals surface area contributed by atoms with E-state index in [1.165, 1.54) is 6.07 Å². The molecule has 1 saturated heterocycles. The quantitative estimate of drug-likeness (QED) is 0.612. The summed E-state index contributed by atoms with van der Waals surface area (Å²) in [5, 5.41) is 0. The van der Waals surface area contributed by atoms with Gasteiger partial charge in [-0.2, -0.15) is 13.2 Å². The highest BCUT2D eigenvalue weighted by Gasteiger charge is 2.35. The normalized spacial score (nSPS) is 26.0. The van der Waals surface area contributed by atoms with Gasteiger partial charge >= 0.3 is 6.18 Å². The highest BCUT2D eigenvalue weighted by atomic mass is 19.4. The summed E-state index contributed by atoms with van der Waals surface area (Å²) in [6.07, 6.45) is -1.41. The third kappa shape index (κ3) is 3.03. The minimum atomic E-state index is -4.66. The lowest BCUT2D eigenvalue weighted by Crippen LogP contribution is -2.51. The van der Waals surface area contributed by atoms with Gasteiger partial charge in [-0.15, -0.1) is 0 Å². The fourth-order valence-electron chi connectivity index (χ4n) is 3.14. The molecule has 3 rings (SSSR count). The van der Waals surface area contributed by atoms with E-state index in [9.17, 15) is 17.6 Å². The van der Waals surface area contributed by atoms with Crippen LogP contribution in [0.3, 0.4) is 0 Å². The van der Waals surface area contributed by atoms with Crippen LogP contribution in [0, 0.1) is 5.82 Å². The Balaban J connectivity index is 1.82. The largest absolute Gasteiger partial charge is 0.419 e. The Bertz CT molecular complexity index is 596. The van der Waals surface area contributed by atoms with Gasteiger partial charge in [0.1, 0.15) is 5.82 Å². The molecule has 2 aliphatic rings. The second-order valence-corrected chi connectivity index (χ2v) is 5.94. The Morgan fingerprint density at radius 3 is 2.73 bits per heavy atom. The molecule has 22 heavy (non-hydrogen) atoms. The number of hydrogen-bond acceptors (Lipinski definition) is 2. The van der Waals surface area contributed by atoms with Crippen LogP contribution in [0.2, 0.25) is 0 Å². The molecular formula is C16H17F4NO. The highest BCUT2D eigenvalue weighted by molar-refractivity contribution is 5.31. The van der Waals surface area contributed by atoms with Crippen LogP contribution in [0.5, 0.6) is 0 Å². The maximum Gasteiger partial charge on any atom is 0.419 e. The first kappa shape index (κ1) is 15.5. The van der Waals surface area contributed by atoms with Crippen molar-refractivity contribution in [3.8, 4) is 0 Å². The van der Waals surface area contributed by atoms with Crippen LogP contribution in [-0.2, 0) is 17.3 Å². The molecule has 2 nitrogen and oxygen atoms in total. The number of alkyl halides is 3. The molecule has 1 fully saturated rings. The van der Waals surface area contributed by atoms with Crippen LogP contribution < -0.4 is 0 Å². The Kier molecular flexibility index (Phi) is 3.99. The number of morpholine rings is 1. The van der Waals surface area contributed by atoms with Crippen molar-refractivity contribution >= 4 is 0 Å². The Morgan fingerprint density at radius 1 is 1.27 bits per heavy atom. The summed E-state index contributed by atoms with van der Waals surface area (Å²) in [5.41, 5.74) is 0.390. The van der Waals surface area contributed by atoms with Crippen LogP contribution in [0.15, 0.2) is 29.8 Å². The van der Waals surface area contributed by atoms with Gasteiger partial charge < -0.3 is 4.74 Å². The smallest absolute Gasteiger partial charge is 0.378 e. The zero-order valence-electron chi connectivity index (χ0n) is 12.2. The molecule has 2 heterocycles. The fraction of sp³-hybridized carbons (Fsp3) is 0.500. The van der Waals surface area contributed by atoms with Crippen LogP contribution in [-0.4, -0.2) is 37.2 Å². The predicted molar refractivity (Wildman–Crippen MR) is 74.0 cm³/mol. The third-order valence-corrected chi connectivity index (χ3v) is 4.39. The standard InChI is InChI=1S/C16H17F4NO/c1-21-12-5-11(6-13(21)9-22-8-12)4-10-2-3-15(17)14(7-10)16(18,19)20/h2-3,5,7,12-13H,4,6,8-9H2,1H3. The second-order valence-electron chi connectivity index (χ2n) is 5.94. The number of benzene rings is 1. The van der Waals surface area contributed by atoms with Crippen molar-refractivity contribution < 1.29 is 22.3 Å². The van der Waals surface area contributed by atoms with Crippen LogP contribution >= 0.6 is 0 Å². The summed E-state index contributed by atoms with van der Waals surface area (Å²) in [6, 6.07) is 3.68. The molecule has 0 N–H and O–H groups in total. The maximum absolute atomic E-state index is 13.3. The molecule has 0 aromatic heterocycles. The van der Waals surface area contributed by atoms with Crippen LogP contribution in [0.25, 0.3) is 0 Å². The summed E-state index contributed by atoms with van der Waals surface area (Å²) >= 11 is 0. The number of hydrogen-bond donors (Lipinski definition) is 0. The van der Waals surface area contributed by atoms with Crippen molar-refractivity contribution in [3.63, 3.8) is 0 Å².